The SMILES string of the molecule is CCOC(=O)c1ccc(NCC(=O)Nc2cc(C(C)(C)C)no2)cc1. The zero-order chi connectivity index (χ0) is 18.4. The summed E-state index contributed by atoms with van der Waals surface area (Å²) in [6.45, 7) is 8.18. The zero-order valence-electron chi connectivity index (χ0n) is 14.9. The van der Waals surface area contributed by atoms with E-state index >= 15 is 0 Å². The molecule has 0 aliphatic carbocycles. The van der Waals surface area contributed by atoms with Gasteiger partial charge in [-0.3, -0.25) is 10.1 Å². The topological polar surface area (TPSA) is 93.5 Å². The molecule has 0 atom stereocenters. The Kier molecular flexibility index (Phi) is 5.80. The molecule has 134 valence electrons. The van der Waals surface area contributed by atoms with Crippen molar-refractivity contribution in [3.63, 3.8) is 0 Å². The van der Waals surface area contributed by atoms with E-state index in [2.05, 4.69) is 15.8 Å². The number of hydrogen-bond acceptors (Lipinski definition) is 6. The largest absolute Gasteiger partial charge is 0.462 e. The number of anilines is 2. The van der Waals surface area contributed by atoms with Crippen molar-refractivity contribution < 1.29 is 18.8 Å². The quantitative estimate of drug-likeness (QED) is 0.781. The summed E-state index contributed by atoms with van der Waals surface area (Å²) in [6.07, 6.45) is 0. The summed E-state index contributed by atoms with van der Waals surface area (Å²) >= 11 is 0. The molecule has 1 aromatic heterocycles. The van der Waals surface area contributed by atoms with E-state index in [-0.39, 0.29) is 23.8 Å². The van der Waals surface area contributed by atoms with E-state index in [1.165, 1.54) is 0 Å². The van der Waals surface area contributed by atoms with Gasteiger partial charge in [-0.05, 0) is 31.2 Å². The molecule has 0 spiro atoms. The minimum Gasteiger partial charge on any atom is -0.462 e. The van der Waals surface area contributed by atoms with Crippen LogP contribution in [0.15, 0.2) is 34.9 Å². The molecule has 1 amide bonds. The van der Waals surface area contributed by atoms with E-state index in [9.17, 15) is 9.59 Å². The summed E-state index contributed by atoms with van der Waals surface area (Å²) in [6, 6.07) is 8.43. The summed E-state index contributed by atoms with van der Waals surface area (Å²) < 4.78 is 10.0. The normalized spacial score (nSPS) is 11.0. The molecule has 2 aromatic rings. The fourth-order valence-corrected chi connectivity index (χ4v) is 1.99. The lowest BCUT2D eigenvalue weighted by Crippen LogP contribution is -2.21. The third kappa shape index (κ3) is 5.34. The molecule has 0 fully saturated rings. The van der Waals surface area contributed by atoms with Gasteiger partial charge in [0.2, 0.25) is 11.8 Å². The Bertz CT molecular complexity index is 730. The van der Waals surface area contributed by atoms with Crippen LogP contribution in [0.4, 0.5) is 11.6 Å². The number of carbonyl (C=O) groups is 2. The maximum absolute atomic E-state index is 12.0. The summed E-state index contributed by atoms with van der Waals surface area (Å²) in [4.78, 5) is 23.5. The second-order valence-electron chi connectivity index (χ2n) is 6.53. The molecule has 0 unspecified atom stereocenters. The average molecular weight is 345 g/mol. The van der Waals surface area contributed by atoms with Crippen LogP contribution in [-0.4, -0.2) is 30.2 Å². The Labute approximate surface area is 146 Å². The third-order valence-corrected chi connectivity index (χ3v) is 3.39. The number of amides is 1. The monoisotopic (exact) mass is 345 g/mol. The maximum atomic E-state index is 12.0. The Morgan fingerprint density at radius 3 is 2.44 bits per heavy atom. The molecule has 0 saturated carbocycles. The standard InChI is InChI=1S/C18H23N3O4/c1-5-24-17(23)12-6-8-13(9-7-12)19-11-15(22)20-16-10-14(21-25-16)18(2,3)4/h6-10,19H,5,11H2,1-4H3,(H,20,22). The van der Waals surface area contributed by atoms with Gasteiger partial charge in [-0.2, -0.15) is 0 Å². The summed E-state index contributed by atoms with van der Waals surface area (Å²) in [7, 11) is 0. The van der Waals surface area contributed by atoms with Crippen LogP contribution in [0.5, 0.6) is 0 Å². The second kappa shape index (κ2) is 7.83. The summed E-state index contributed by atoms with van der Waals surface area (Å²) in [5, 5.41) is 9.57. The molecule has 25 heavy (non-hydrogen) atoms. The highest BCUT2D eigenvalue weighted by atomic mass is 16.5. The Morgan fingerprint density at radius 2 is 1.88 bits per heavy atom. The Hall–Kier alpha value is -2.83. The molecule has 1 aromatic carbocycles. The highest BCUT2D eigenvalue weighted by molar-refractivity contribution is 5.93. The number of nitrogens with one attached hydrogen (secondary N) is 2. The molecule has 7 nitrogen and oxygen atoms in total. The molecular formula is C18H23N3O4. The van der Waals surface area contributed by atoms with E-state index in [4.69, 9.17) is 9.26 Å². The molecule has 2 N–H and O–H groups in total. The number of rotatable bonds is 6. The van der Waals surface area contributed by atoms with Crippen LogP contribution >= 0.6 is 0 Å². The first-order valence-electron chi connectivity index (χ1n) is 8.07. The molecule has 0 aliphatic heterocycles. The first-order chi connectivity index (χ1) is 11.8. The predicted octanol–water partition coefficient (Wildman–Crippen LogP) is 3.20. The van der Waals surface area contributed by atoms with Gasteiger partial charge in [-0.1, -0.05) is 25.9 Å². The van der Waals surface area contributed by atoms with Gasteiger partial charge in [-0.25, -0.2) is 4.79 Å². The van der Waals surface area contributed by atoms with Crippen LogP contribution < -0.4 is 10.6 Å². The van der Waals surface area contributed by atoms with Crippen molar-refractivity contribution in [2.24, 2.45) is 0 Å². The van der Waals surface area contributed by atoms with Crippen molar-refractivity contribution in [3.05, 3.63) is 41.6 Å². The molecular weight excluding hydrogens is 322 g/mol. The summed E-state index contributed by atoms with van der Waals surface area (Å²) in [5.41, 5.74) is 1.81. The van der Waals surface area contributed by atoms with Gasteiger partial charge in [0.05, 0.1) is 24.4 Å². The highest BCUT2D eigenvalue weighted by Gasteiger charge is 2.19. The lowest BCUT2D eigenvalue weighted by atomic mass is 9.92. The van der Waals surface area contributed by atoms with E-state index in [1.807, 2.05) is 20.8 Å². The number of carbonyl (C=O) groups excluding carboxylic acids is 2. The zero-order valence-corrected chi connectivity index (χ0v) is 14.9. The number of aromatic nitrogens is 1. The lowest BCUT2D eigenvalue weighted by molar-refractivity contribution is -0.114. The smallest absolute Gasteiger partial charge is 0.338 e. The van der Waals surface area contributed by atoms with Crippen LogP contribution in [-0.2, 0) is 14.9 Å². The van der Waals surface area contributed by atoms with Gasteiger partial charge < -0.3 is 14.6 Å². The lowest BCUT2D eigenvalue weighted by Gasteiger charge is -2.12. The number of esters is 1. The van der Waals surface area contributed by atoms with Crippen molar-refractivity contribution in [3.8, 4) is 0 Å². The van der Waals surface area contributed by atoms with Gasteiger partial charge in [0.25, 0.3) is 0 Å². The molecule has 1 heterocycles. The van der Waals surface area contributed by atoms with Crippen LogP contribution in [0.25, 0.3) is 0 Å². The van der Waals surface area contributed by atoms with Crippen molar-refractivity contribution in [1.29, 1.82) is 0 Å². The Balaban J connectivity index is 1.85. The maximum Gasteiger partial charge on any atom is 0.338 e. The van der Waals surface area contributed by atoms with Crippen LogP contribution in [0.1, 0.15) is 43.7 Å². The van der Waals surface area contributed by atoms with Gasteiger partial charge in [-0.15, -0.1) is 0 Å². The van der Waals surface area contributed by atoms with Crippen molar-refractivity contribution in [2.75, 3.05) is 23.8 Å². The van der Waals surface area contributed by atoms with E-state index in [1.54, 1.807) is 37.3 Å². The molecule has 0 bridgehead atoms. The fraction of sp³-hybridized carbons (Fsp3) is 0.389. The van der Waals surface area contributed by atoms with Gasteiger partial charge in [0, 0.05) is 17.2 Å². The third-order valence-electron chi connectivity index (χ3n) is 3.39. The number of benzene rings is 1. The first-order valence-corrected chi connectivity index (χ1v) is 8.07. The predicted molar refractivity (Wildman–Crippen MR) is 94.7 cm³/mol. The Morgan fingerprint density at radius 1 is 1.20 bits per heavy atom. The highest BCUT2D eigenvalue weighted by Crippen LogP contribution is 2.23. The molecule has 2 rings (SSSR count). The van der Waals surface area contributed by atoms with Gasteiger partial charge in [0.15, 0.2) is 0 Å². The summed E-state index contributed by atoms with van der Waals surface area (Å²) in [5.74, 6) is -0.313. The average Bonchev–Trinajstić information content (AvgIpc) is 3.02. The molecule has 0 radical (unpaired) electrons. The van der Waals surface area contributed by atoms with Crippen molar-refractivity contribution >= 4 is 23.4 Å². The number of hydrogen-bond donors (Lipinski definition) is 2. The minimum absolute atomic E-state index is 0.0598. The van der Waals surface area contributed by atoms with Crippen LogP contribution in [0.2, 0.25) is 0 Å². The molecule has 0 saturated heterocycles. The first kappa shape index (κ1) is 18.5. The van der Waals surface area contributed by atoms with Crippen LogP contribution in [0.3, 0.4) is 0 Å². The molecule has 7 heteroatoms. The second-order valence-corrected chi connectivity index (χ2v) is 6.53. The number of ether oxygens (including phenoxy) is 1. The van der Waals surface area contributed by atoms with E-state index in [0.29, 0.717) is 18.1 Å². The van der Waals surface area contributed by atoms with E-state index in [0.717, 1.165) is 11.4 Å². The van der Waals surface area contributed by atoms with Gasteiger partial charge in [0.1, 0.15) is 0 Å². The van der Waals surface area contributed by atoms with Crippen LogP contribution in [0, 0.1) is 0 Å². The van der Waals surface area contributed by atoms with Crippen molar-refractivity contribution in [1.82, 2.24) is 5.16 Å². The molecule has 0 aliphatic rings. The number of nitrogens with zero attached hydrogens (tertiary/aromatic N) is 1. The van der Waals surface area contributed by atoms with E-state index < -0.39 is 0 Å². The van der Waals surface area contributed by atoms with Crippen molar-refractivity contribution in [2.45, 2.75) is 33.1 Å². The van der Waals surface area contributed by atoms with Gasteiger partial charge >= 0.3 is 5.97 Å². The fourth-order valence-electron chi connectivity index (χ4n) is 1.99. The minimum atomic E-state index is -0.369.